The van der Waals surface area contributed by atoms with Crippen molar-refractivity contribution in [3.05, 3.63) is 23.8 Å². The van der Waals surface area contributed by atoms with Gasteiger partial charge in [0.25, 0.3) is 0 Å². The molecule has 0 amide bonds. The first kappa shape index (κ1) is 15.6. The fraction of sp³-hybridized carbons (Fsp3) is 0.417. The second-order valence-electron chi connectivity index (χ2n) is 3.90. The molecule has 2 aromatic rings. The molecule has 1 unspecified atom stereocenters. The van der Waals surface area contributed by atoms with Crippen molar-refractivity contribution in [3.8, 4) is 0 Å². The molecule has 2 rings (SSSR count). The zero-order valence-electron chi connectivity index (χ0n) is 10.3. The Morgan fingerprint density at radius 2 is 2.18 bits per heavy atom. The van der Waals surface area contributed by atoms with Crippen LogP contribution in [0.2, 0.25) is 0 Å². The number of nitrogens with zero attached hydrogens (tertiary/aromatic N) is 2. The van der Waals surface area contributed by atoms with Gasteiger partial charge in [0.2, 0.25) is 0 Å². The van der Waals surface area contributed by atoms with Crippen molar-refractivity contribution in [2.45, 2.75) is 37.6 Å². The maximum Gasteiger partial charge on any atom is 3.00 e. The van der Waals surface area contributed by atoms with Crippen LogP contribution in [0.4, 0.5) is 0 Å². The van der Waals surface area contributed by atoms with Gasteiger partial charge < -0.3 is 9.97 Å². The summed E-state index contributed by atoms with van der Waals surface area (Å²) >= 11 is 0. The Kier molecular flexibility index (Phi) is 6.56. The number of imidazole rings is 1. The quantitative estimate of drug-likeness (QED) is 0.785. The Bertz CT molecular complexity index is 484. The molecule has 0 aliphatic heterocycles. The number of aryl methyl sites for hydroxylation is 1. The molecule has 0 saturated carbocycles. The first-order chi connectivity index (χ1) is 7.69. The van der Waals surface area contributed by atoms with E-state index in [2.05, 4.69) is 42.9 Å². The SMILES string of the molecule is CCC(C)SSc1nc2cc(C)ccc2[n-]1.[Y+3]. The zero-order chi connectivity index (χ0) is 11.5. The van der Waals surface area contributed by atoms with Gasteiger partial charge >= 0.3 is 32.7 Å². The normalized spacial score (nSPS) is 12.4. The van der Waals surface area contributed by atoms with Gasteiger partial charge in [-0.2, -0.15) is 0 Å². The van der Waals surface area contributed by atoms with Gasteiger partial charge in [-0.25, -0.2) is 0 Å². The van der Waals surface area contributed by atoms with E-state index in [-0.39, 0.29) is 32.7 Å². The molecule has 2 nitrogen and oxygen atoms in total. The van der Waals surface area contributed by atoms with Crippen molar-refractivity contribution < 1.29 is 32.7 Å². The predicted molar refractivity (Wildman–Crippen MR) is 73.0 cm³/mol. The summed E-state index contributed by atoms with van der Waals surface area (Å²) in [6, 6.07) is 6.20. The van der Waals surface area contributed by atoms with Crippen LogP contribution < -0.4 is 4.98 Å². The van der Waals surface area contributed by atoms with Crippen LogP contribution in [-0.4, -0.2) is 10.2 Å². The molecule has 5 heteroatoms. The van der Waals surface area contributed by atoms with Crippen LogP contribution in [0.3, 0.4) is 0 Å². The average molecular weight is 340 g/mol. The summed E-state index contributed by atoms with van der Waals surface area (Å²) in [5.74, 6) is 0. The van der Waals surface area contributed by atoms with Gasteiger partial charge in [-0.3, -0.25) is 0 Å². The smallest absolute Gasteiger partial charge is 0.430 e. The fourth-order valence-electron chi connectivity index (χ4n) is 1.28. The van der Waals surface area contributed by atoms with E-state index in [1.165, 1.54) is 12.0 Å². The standard InChI is InChI=1S/C12H15N2S2.Y/c1-4-9(3)15-16-12-13-10-6-5-8(2)7-11(10)14-12;/h5-7,9H,4H2,1-3H3;/q-1;+3. The largest absolute Gasteiger partial charge is 3.00 e. The van der Waals surface area contributed by atoms with E-state index in [1.54, 1.807) is 10.8 Å². The molecule has 1 aromatic carbocycles. The van der Waals surface area contributed by atoms with E-state index in [4.69, 9.17) is 0 Å². The molecule has 17 heavy (non-hydrogen) atoms. The first-order valence-electron chi connectivity index (χ1n) is 5.43. The summed E-state index contributed by atoms with van der Waals surface area (Å²) in [5.41, 5.74) is 3.24. The molecule has 0 spiro atoms. The number of hydrogen-bond donors (Lipinski definition) is 0. The molecule has 0 radical (unpaired) electrons. The molecular formula is C12H15N2S2Y+2. The van der Waals surface area contributed by atoms with Gasteiger partial charge in [-0.15, -0.1) is 0 Å². The van der Waals surface area contributed by atoms with Crippen LogP contribution in [0.15, 0.2) is 23.4 Å². The van der Waals surface area contributed by atoms with Crippen molar-refractivity contribution in [2.24, 2.45) is 0 Å². The molecule has 1 atom stereocenters. The van der Waals surface area contributed by atoms with Gasteiger partial charge in [-0.1, -0.05) is 59.2 Å². The number of benzene rings is 1. The van der Waals surface area contributed by atoms with E-state index in [9.17, 15) is 0 Å². The third kappa shape index (κ3) is 4.27. The minimum Gasteiger partial charge on any atom is -0.430 e. The fourth-order valence-corrected chi connectivity index (χ4v) is 3.32. The van der Waals surface area contributed by atoms with Crippen molar-refractivity contribution >= 4 is 32.6 Å². The Balaban J connectivity index is 0.00000144. The average Bonchev–Trinajstić information content (AvgIpc) is 2.67. The number of aromatic nitrogens is 2. The van der Waals surface area contributed by atoms with Crippen molar-refractivity contribution in [1.82, 2.24) is 9.97 Å². The van der Waals surface area contributed by atoms with E-state index < -0.39 is 0 Å². The van der Waals surface area contributed by atoms with Gasteiger partial charge in [0.05, 0.1) is 0 Å². The van der Waals surface area contributed by atoms with E-state index in [0.717, 1.165) is 16.2 Å². The Labute approximate surface area is 135 Å². The third-order valence-corrected chi connectivity index (χ3v) is 5.24. The summed E-state index contributed by atoms with van der Waals surface area (Å²) in [4.78, 5) is 9.00. The van der Waals surface area contributed by atoms with E-state index in [0.29, 0.717) is 5.25 Å². The Morgan fingerprint density at radius 3 is 2.88 bits per heavy atom. The van der Waals surface area contributed by atoms with E-state index >= 15 is 0 Å². The second kappa shape index (κ2) is 7.17. The molecular weight excluding hydrogens is 325 g/mol. The van der Waals surface area contributed by atoms with Gasteiger partial charge in [0.15, 0.2) is 0 Å². The minimum absolute atomic E-state index is 0. The number of fused-ring (bicyclic) bond motifs is 1. The molecule has 0 aliphatic carbocycles. The van der Waals surface area contributed by atoms with Gasteiger partial charge in [0.1, 0.15) is 0 Å². The van der Waals surface area contributed by atoms with Crippen molar-refractivity contribution in [3.63, 3.8) is 0 Å². The van der Waals surface area contributed by atoms with Gasteiger partial charge in [-0.05, 0) is 29.5 Å². The van der Waals surface area contributed by atoms with Gasteiger partial charge in [0, 0.05) is 5.25 Å². The molecule has 0 bridgehead atoms. The summed E-state index contributed by atoms with van der Waals surface area (Å²) in [7, 11) is 3.52. The predicted octanol–water partition coefficient (Wildman–Crippen LogP) is 4.04. The Hall–Kier alpha value is 0.494. The monoisotopic (exact) mass is 340 g/mol. The van der Waals surface area contributed by atoms with Crippen LogP contribution in [0, 0.1) is 6.92 Å². The minimum atomic E-state index is 0. The summed E-state index contributed by atoms with van der Waals surface area (Å²) in [6.07, 6.45) is 1.18. The number of rotatable bonds is 4. The van der Waals surface area contributed by atoms with E-state index in [1.807, 2.05) is 16.9 Å². The maximum atomic E-state index is 4.51. The van der Waals surface area contributed by atoms with Crippen molar-refractivity contribution in [1.29, 1.82) is 0 Å². The third-order valence-electron chi connectivity index (χ3n) is 2.42. The van der Waals surface area contributed by atoms with Crippen LogP contribution in [-0.2, 0) is 32.7 Å². The summed E-state index contributed by atoms with van der Waals surface area (Å²) in [5, 5.41) is 1.53. The summed E-state index contributed by atoms with van der Waals surface area (Å²) in [6.45, 7) is 6.50. The molecule has 1 aromatic heterocycles. The van der Waals surface area contributed by atoms with Crippen LogP contribution in [0.25, 0.3) is 11.0 Å². The number of hydrogen-bond acceptors (Lipinski definition) is 3. The zero-order valence-corrected chi connectivity index (χ0v) is 14.8. The van der Waals surface area contributed by atoms with Crippen LogP contribution in [0.5, 0.6) is 0 Å². The van der Waals surface area contributed by atoms with Crippen LogP contribution in [0.1, 0.15) is 25.8 Å². The summed E-state index contributed by atoms with van der Waals surface area (Å²) < 4.78 is 0. The Morgan fingerprint density at radius 1 is 1.41 bits per heavy atom. The maximum absolute atomic E-state index is 4.51. The molecule has 86 valence electrons. The topological polar surface area (TPSA) is 27.0 Å². The molecule has 1 heterocycles. The first-order valence-corrected chi connectivity index (χ1v) is 7.64. The van der Waals surface area contributed by atoms with Crippen LogP contribution >= 0.6 is 21.6 Å². The van der Waals surface area contributed by atoms with Crippen molar-refractivity contribution in [2.75, 3.05) is 0 Å². The molecule has 0 saturated heterocycles. The molecule has 0 aliphatic rings. The molecule has 0 fully saturated rings. The second-order valence-corrected chi connectivity index (χ2v) is 6.50. The molecule has 0 N–H and O–H groups in total.